The second kappa shape index (κ2) is 7.92. The van der Waals surface area contributed by atoms with Gasteiger partial charge in [0.05, 0.1) is 5.52 Å². The zero-order valence-electron chi connectivity index (χ0n) is 15.2. The van der Waals surface area contributed by atoms with E-state index in [0.29, 0.717) is 5.92 Å². The van der Waals surface area contributed by atoms with Crippen LogP contribution in [-0.2, 0) is 13.6 Å². The van der Waals surface area contributed by atoms with Crippen LogP contribution >= 0.6 is 11.6 Å². The second-order valence-corrected chi connectivity index (χ2v) is 7.17. The summed E-state index contributed by atoms with van der Waals surface area (Å²) < 4.78 is 1.87. The summed E-state index contributed by atoms with van der Waals surface area (Å²) in [4.78, 5) is 2.48. The topological polar surface area (TPSA) is 21.1 Å². The number of benzene rings is 2. The number of nitrogens with zero attached hydrogens (tertiary/aromatic N) is 3. The van der Waals surface area contributed by atoms with Crippen molar-refractivity contribution >= 4 is 28.2 Å². The number of rotatable bonds is 7. The van der Waals surface area contributed by atoms with Gasteiger partial charge < -0.3 is 4.90 Å². The molecule has 3 aromatic rings. The Morgan fingerprint density at radius 3 is 2.48 bits per heavy atom. The van der Waals surface area contributed by atoms with Crippen LogP contribution in [0.1, 0.15) is 32.3 Å². The van der Waals surface area contributed by atoms with Crippen molar-refractivity contribution in [2.75, 3.05) is 11.4 Å². The van der Waals surface area contributed by atoms with Gasteiger partial charge in [-0.15, -0.1) is 0 Å². The van der Waals surface area contributed by atoms with Gasteiger partial charge in [0.25, 0.3) is 0 Å². The monoisotopic (exact) mass is 355 g/mol. The van der Waals surface area contributed by atoms with Crippen molar-refractivity contribution in [2.45, 2.75) is 33.2 Å². The highest BCUT2D eigenvalue weighted by Gasteiger charge is 2.14. The summed E-state index contributed by atoms with van der Waals surface area (Å²) in [6.07, 6.45) is 4.47. The van der Waals surface area contributed by atoms with Gasteiger partial charge in [0, 0.05) is 42.4 Å². The minimum atomic E-state index is 0.692. The Kier molecular flexibility index (Phi) is 5.64. The molecule has 0 saturated carbocycles. The number of aromatic nitrogens is 2. The van der Waals surface area contributed by atoms with E-state index >= 15 is 0 Å². The molecule has 132 valence electrons. The van der Waals surface area contributed by atoms with E-state index in [1.165, 1.54) is 29.5 Å². The molecule has 3 rings (SSSR count). The Balaban J connectivity index is 1.91. The Bertz CT molecular complexity index is 819. The maximum Gasteiger partial charge on any atom is 0.0924 e. The molecule has 0 saturated heterocycles. The maximum absolute atomic E-state index is 6.04. The number of hydrogen-bond acceptors (Lipinski definition) is 2. The third-order valence-corrected chi connectivity index (χ3v) is 5.14. The number of hydrogen-bond donors (Lipinski definition) is 0. The molecule has 25 heavy (non-hydrogen) atoms. The van der Waals surface area contributed by atoms with Crippen LogP contribution in [0, 0.1) is 5.92 Å². The highest BCUT2D eigenvalue weighted by atomic mass is 35.5. The first-order chi connectivity index (χ1) is 12.1. The molecule has 0 unspecified atom stereocenters. The number of aryl methyl sites for hydroxylation is 1. The van der Waals surface area contributed by atoms with Crippen LogP contribution in [0.15, 0.2) is 48.7 Å². The van der Waals surface area contributed by atoms with Crippen LogP contribution in [0.4, 0.5) is 5.69 Å². The molecule has 0 aliphatic rings. The average Bonchev–Trinajstić information content (AvgIpc) is 2.99. The SMILES string of the molecule is CCC(CC)CN(Cc1ccc(Cl)cc1)c1ccc2nn(C)cc2c1. The molecule has 0 aliphatic heterocycles. The van der Waals surface area contributed by atoms with Gasteiger partial charge in [-0.2, -0.15) is 5.10 Å². The highest BCUT2D eigenvalue weighted by molar-refractivity contribution is 6.30. The molecule has 0 N–H and O–H groups in total. The fourth-order valence-corrected chi connectivity index (χ4v) is 3.39. The van der Waals surface area contributed by atoms with Gasteiger partial charge in [-0.05, 0) is 41.8 Å². The van der Waals surface area contributed by atoms with E-state index in [9.17, 15) is 0 Å². The van der Waals surface area contributed by atoms with Crippen LogP contribution in [-0.4, -0.2) is 16.3 Å². The molecule has 0 radical (unpaired) electrons. The molecule has 0 atom stereocenters. The molecular formula is C21H26ClN3. The molecule has 0 bridgehead atoms. The van der Waals surface area contributed by atoms with Crippen LogP contribution < -0.4 is 4.90 Å². The summed E-state index contributed by atoms with van der Waals surface area (Å²) in [5.74, 6) is 0.692. The van der Waals surface area contributed by atoms with Gasteiger partial charge >= 0.3 is 0 Å². The van der Waals surface area contributed by atoms with Gasteiger partial charge in [0.2, 0.25) is 0 Å². The molecule has 0 spiro atoms. The lowest BCUT2D eigenvalue weighted by Gasteiger charge is -2.29. The molecule has 0 fully saturated rings. The molecule has 4 heteroatoms. The van der Waals surface area contributed by atoms with Crippen molar-refractivity contribution < 1.29 is 0 Å². The molecule has 1 aromatic heterocycles. The van der Waals surface area contributed by atoms with Crippen molar-refractivity contribution in [1.29, 1.82) is 0 Å². The second-order valence-electron chi connectivity index (χ2n) is 6.74. The zero-order valence-corrected chi connectivity index (χ0v) is 16.0. The van der Waals surface area contributed by atoms with Crippen molar-refractivity contribution in [3.05, 3.63) is 59.2 Å². The first kappa shape index (κ1) is 17.8. The van der Waals surface area contributed by atoms with Gasteiger partial charge in [-0.3, -0.25) is 4.68 Å². The van der Waals surface area contributed by atoms with Gasteiger partial charge in [0.15, 0.2) is 0 Å². The van der Waals surface area contributed by atoms with E-state index in [0.717, 1.165) is 23.6 Å². The van der Waals surface area contributed by atoms with E-state index in [-0.39, 0.29) is 0 Å². The quantitative estimate of drug-likeness (QED) is 0.544. The van der Waals surface area contributed by atoms with E-state index < -0.39 is 0 Å². The predicted molar refractivity (Wildman–Crippen MR) is 107 cm³/mol. The number of anilines is 1. The molecule has 2 aromatic carbocycles. The molecular weight excluding hydrogens is 330 g/mol. The Hall–Kier alpha value is -2.00. The summed E-state index contributed by atoms with van der Waals surface area (Å²) in [5.41, 5.74) is 3.57. The Morgan fingerprint density at radius 2 is 1.80 bits per heavy atom. The third-order valence-electron chi connectivity index (χ3n) is 4.89. The first-order valence-electron chi connectivity index (χ1n) is 9.01. The molecule has 1 heterocycles. The number of halogens is 1. The van der Waals surface area contributed by atoms with E-state index in [1.54, 1.807) is 0 Å². The lowest BCUT2D eigenvalue weighted by Crippen LogP contribution is -2.28. The normalized spacial score (nSPS) is 11.4. The lowest BCUT2D eigenvalue weighted by molar-refractivity contribution is 0.482. The van der Waals surface area contributed by atoms with Gasteiger partial charge in [-0.1, -0.05) is 50.4 Å². The van der Waals surface area contributed by atoms with Crippen molar-refractivity contribution in [3.8, 4) is 0 Å². The van der Waals surface area contributed by atoms with Crippen LogP contribution in [0.2, 0.25) is 5.02 Å². The predicted octanol–water partition coefficient (Wildman–Crippen LogP) is 5.67. The summed E-state index contributed by atoms with van der Waals surface area (Å²) in [6.45, 7) is 6.50. The van der Waals surface area contributed by atoms with Gasteiger partial charge in [-0.25, -0.2) is 0 Å². The van der Waals surface area contributed by atoms with Crippen molar-refractivity contribution in [3.63, 3.8) is 0 Å². The van der Waals surface area contributed by atoms with Crippen LogP contribution in [0.5, 0.6) is 0 Å². The van der Waals surface area contributed by atoms with Crippen LogP contribution in [0.25, 0.3) is 10.9 Å². The minimum absolute atomic E-state index is 0.692. The fraction of sp³-hybridized carbons (Fsp3) is 0.381. The molecule has 0 aliphatic carbocycles. The Labute approximate surface area is 155 Å². The first-order valence-corrected chi connectivity index (χ1v) is 9.39. The number of fused-ring (bicyclic) bond motifs is 1. The Morgan fingerprint density at radius 1 is 1.08 bits per heavy atom. The fourth-order valence-electron chi connectivity index (χ4n) is 3.26. The van der Waals surface area contributed by atoms with Gasteiger partial charge in [0.1, 0.15) is 0 Å². The average molecular weight is 356 g/mol. The van der Waals surface area contributed by atoms with Crippen molar-refractivity contribution in [1.82, 2.24) is 9.78 Å². The third kappa shape index (κ3) is 4.35. The van der Waals surface area contributed by atoms with Crippen LogP contribution in [0.3, 0.4) is 0 Å². The summed E-state index contributed by atoms with van der Waals surface area (Å²) in [5, 5.41) is 6.45. The zero-order chi connectivity index (χ0) is 17.8. The largest absolute Gasteiger partial charge is 0.367 e. The van der Waals surface area contributed by atoms with E-state index in [4.69, 9.17) is 11.6 Å². The highest BCUT2D eigenvalue weighted by Crippen LogP contribution is 2.25. The summed E-state index contributed by atoms with van der Waals surface area (Å²) in [7, 11) is 1.97. The summed E-state index contributed by atoms with van der Waals surface area (Å²) >= 11 is 6.04. The maximum atomic E-state index is 6.04. The van der Waals surface area contributed by atoms with E-state index in [2.05, 4.69) is 60.4 Å². The summed E-state index contributed by atoms with van der Waals surface area (Å²) in [6, 6.07) is 14.7. The molecule has 3 nitrogen and oxygen atoms in total. The standard InChI is InChI=1S/C21H26ClN3/c1-4-16(5-2)13-25(14-17-6-8-19(22)9-7-17)20-10-11-21-18(12-20)15-24(3)23-21/h6-12,15-16H,4-5,13-14H2,1-3H3. The minimum Gasteiger partial charge on any atom is -0.367 e. The van der Waals surface area contributed by atoms with Crippen molar-refractivity contribution in [2.24, 2.45) is 13.0 Å². The lowest BCUT2D eigenvalue weighted by atomic mass is 10.0. The van der Waals surface area contributed by atoms with E-state index in [1.807, 2.05) is 23.9 Å². The smallest absolute Gasteiger partial charge is 0.0924 e. The molecule has 0 amide bonds.